The third-order valence-electron chi connectivity index (χ3n) is 5.99. The minimum absolute atomic E-state index is 0.00471. The number of hydrogen-bond donors (Lipinski definition) is 1. The van der Waals surface area contributed by atoms with Gasteiger partial charge in [0.2, 0.25) is 5.95 Å². The van der Waals surface area contributed by atoms with E-state index in [-0.39, 0.29) is 23.4 Å². The zero-order valence-corrected chi connectivity index (χ0v) is 16.9. The summed E-state index contributed by atoms with van der Waals surface area (Å²) in [7, 11) is 0. The molecule has 1 atom stereocenters. The van der Waals surface area contributed by atoms with Gasteiger partial charge in [-0.05, 0) is 30.2 Å². The molecule has 158 valence electrons. The first-order valence-corrected chi connectivity index (χ1v) is 10.3. The molecular weight excluding hydrogens is 396 g/mol. The number of rotatable bonds is 3. The fourth-order valence-corrected chi connectivity index (χ4v) is 4.31. The van der Waals surface area contributed by atoms with Gasteiger partial charge in [-0.25, -0.2) is 9.97 Å². The number of aromatic hydroxyl groups is 1. The number of fused-ring (bicyclic) bond motifs is 1. The van der Waals surface area contributed by atoms with Gasteiger partial charge in [-0.2, -0.15) is 0 Å². The van der Waals surface area contributed by atoms with Crippen LogP contribution in [-0.4, -0.2) is 57.8 Å². The van der Waals surface area contributed by atoms with E-state index in [1.165, 1.54) is 6.26 Å². The second kappa shape index (κ2) is 7.86. The predicted molar refractivity (Wildman–Crippen MR) is 112 cm³/mol. The van der Waals surface area contributed by atoms with Crippen LogP contribution in [0.4, 0.5) is 5.95 Å². The quantitative estimate of drug-likeness (QED) is 0.698. The van der Waals surface area contributed by atoms with Crippen LogP contribution in [0.3, 0.4) is 0 Å². The van der Waals surface area contributed by atoms with E-state index < -0.39 is 0 Å². The lowest BCUT2D eigenvalue weighted by Crippen LogP contribution is -2.49. The lowest BCUT2D eigenvalue weighted by Gasteiger charge is -2.34. The van der Waals surface area contributed by atoms with Crippen LogP contribution >= 0.6 is 0 Å². The number of furan rings is 1. The summed E-state index contributed by atoms with van der Waals surface area (Å²) in [6.45, 7) is 2.28. The van der Waals surface area contributed by atoms with E-state index in [0.717, 1.165) is 5.56 Å². The van der Waals surface area contributed by atoms with E-state index in [1.54, 1.807) is 35.4 Å². The summed E-state index contributed by atoms with van der Waals surface area (Å²) in [5.74, 6) is 0.880. The number of aromatic nitrogens is 2. The summed E-state index contributed by atoms with van der Waals surface area (Å²) in [6, 6.07) is 10.5. The van der Waals surface area contributed by atoms with Gasteiger partial charge in [-0.15, -0.1) is 0 Å². The van der Waals surface area contributed by atoms with Crippen molar-refractivity contribution in [2.45, 2.75) is 18.8 Å². The Morgan fingerprint density at radius 2 is 1.87 bits per heavy atom. The largest absolute Gasteiger partial charge is 0.508 e. The molecule has 8 heteroatoms. The van der Waals surface area contributed by atoms with E-state index in [1.807, 2.05) is 17.0 Å². The molecule has 0 spiro atoms. The number of amides is 1. The Morgan fingerprint density at radius 1 is 1.06 bits per heavy atom. The molecule has 2 aliphatic rings. The van der Waals surface area contributed by atoms with Crippen LogP contribution in [0, 0.1) is 0 Å². The zero-order valence-electron chi connectivity index (χ0n) is 16.9. The minimum atomic E-state index is -0.118. The SMILES string of the molecule is O=C1CC(c2ccccc2O)Cc2nc(N3CCN(C(=O)c4ccco4)CC3)ncc21. The molecule has 1 N–H and O–H groups in total. The van der Waals surface area contributed by atoms with Crippen molar-refractivity contribution < 1.29 is 19.1 Å². The molecule has 3 aromatic rings. The molecule has 1 aliphatic carbocycles. The van der Waals surface area contributed by atoms with Crippen LogP contribution in [0.15, 0.2) is 53.3 Å². The van der Waals surface area contributed by atoms with Gasteiger partial charge < -0.3 is 19.3 Å². The maximum absolute atomic E-state index is 12.7. The number of phenolic OH excluding ortho intramolecular Hbond substituents is 1. The van der Waals surface area contributed by atoms with Gasteiger partial charge in [-0.3, -0.25) is 9.59 Å². The Morgan fingerprint density at radius 3 is 2.61 bits per heavy atom. The first-order chi connectivity index (χ1) is 15.1. The van der Waals surface area contributed by atoms with Gasteiger partial charge in [0, 0.05) is 44.7 Å². The number of Topliss-reactive ketones (excluding diaryl/α,β-unsaturated/α-hetero) is 1. The number of carbonyl (C=O) groups is 2. The average Bonchev–Trinajstić information content (AvgIpc) is 3.33. The number of piperazine rings is 1. The molecule has 1 saturated heterocycles. The summed E-state index contributed by atoms with van der Waals surface area (Å²) in [6.07, 6.45) is 4.02. The molecule has 2 aromatic heterocycles. The Kier molecular flexibility index (Phi) is 4.89. The lowest BCUT2D eigenvalue weighted by molar-refractivity contribution is 0.0714. The number of hydrogen-bond acceptors (Lipinski definition) is 7. The van der Waals surface area contributed by atoms with Gasteiger partial charge in [0.25, 0.3) is 5.91 Å². The Labute approximate surface area is 179 Å². The van der Waals surface area contributed by atoms with Gasteiger partial charge in [-0.1, -0.05) is 18.2 Å². The molecule has 0 bridgehead atoms. The molecule has 1 fully saturated rings. The van der Waals surface area contributed by atoms with E-state index in [2.05, 4.69) is 4.98 Å². The molecule has 5 rings (SSSR count). The highest BCUT2D eigenvalue weighted by atomic mass is 16.3. The Balaban J connectivity index is 1.32. The summed E-state index contributed by atoms with van der Waals surface area (Å²) in [4.78, 5) is 38.0. The van der Waals surface area contributed by atoms with E-state index >= 15 is 0 Å². The van der Waals surface area contributed by atoms with Crippen LogP contribution in [0.5, 0.6) is 5.75 Å². The second-order valence-electron chi connectivity index (χ2n) is 7.87. The van der Waals surface area contributed by atoms with E-state index in [0.29, 0.717) is 62.0 Å². The normalized spacial score (nSPS) is 18.7. The topological polar surface area (TPSA) is 99.8 Å². The molecule has 8 nitrogen and oxygen atoms in total. The minimum Gasteiger partial charge on any atom is -0.508 e. The van der Waals surface area contributed by atoms with Crippen LogP contribution in [0.25, 0.3) is 0 Å². The number of carbonyl (C=O) groups excluding carboxylic acids is 2. The van der Waals surface area contributed by atoms with Crippen molar-refractivity contribution in [1.82, 2.24) is 14.9 Å². The molecular formula is C23H22N4O4. The number of para-hydroxylation sites is 1. The van der Waals surface area contributed by atoms with Crippen molar-refractivity contribution >= 4 is 17.6 Å². The average molecular weight is 418 g/mol. The summed E-state index contributed by atoms with van der Waals surface area (Å²) in [5.41, 5.74) is 2.04. The van der Waals surface area contributed by atoms with Crippen LogP contribution in [-0.2, 0) is 6.42 Å². The number of ketones is 1. The highest BCUT2D eigenvalue weighted by molar-refractivity contribution is 5.98. The van der Waals surface area contributed by atoms with Crippen molar-refractivity contribution in [1.29, 1.82) is 0 Å². The molecule has 31 heavy (non-hydrogen) atoms. The lowest BCUT2D eigenvalue weighted by atomic mass is 9.82. The standard InChI is InChI=1S/C23H22N4O4/c28-19-5-2-1-4-16(19)15-12-18-17(20(29)13-15)14-24-23(25-18)27-9-7-26(8-10-27)22(30)21-6-3-11-31-21/h1-6,11,14-15,28H,7-10,12-13H2. The number of anilines is 1. The fourth-order valence-electron chi connectivity index (χ4n) is 4.31. The van der Waals surface area contributed by atoms with E-state index in [9.17, 15) is 14.7 Å². The molecule has 0 saturated carbocycles. The molecule has 1 aromatic carbocycles. The van der Waals surface area contributed by atoms with Crippen molar-refractivity contribution in [3.63, 3.8) is 0 Å². The summed E-state index contributed by atoms with van der Waals surface area (Å²) < 4.78 is 5.21. The third-order valence-corrected chi connectivity index (χ3v) is 5.99. The predicted octanol–water partition coefficient (Wildman–Crippen LogP) is 2.65. The molecule has 1 aliphatic heterocycles. The number of benzene rings is 1. The maximum atomic E-state index is 12.7. The fraction of sp³-hybridized carbons (Fsp3) is 0.304. The first-order valence-electron chi connectivity index (χ1n) is 10.3. The van der Waals surface area contributed by atoms with Crippen molar-refractivity contribution in [2.24, 2.45) is 0 Å². The van der Waals surface area contributed by atoms with Gasteiger partial charge >= 0.3 is 0 Å². The highest BCUT2D eigenvalue weighted by Gasteiger charge is 2.31. The molecule has 1 amide bonds. The first kappa shape index (κ1) is 19.3. The highest BCUT2D eigenvalue weighted by Crippen LogP contribution is 2.36. The smallest absolute Gasteiger partial charge is 0.289 e. The Hall–Kier alpha value is -3.68. The van der Waals surface area contributed by atoms with Crippen LogP contribution in [0.2, 0.25) is 0 Å². The zero-order chi connectivity index (χ0) is 21.4. The summed E-state index contributed by atoms with van der Waals surface area (Å²) >= 11 is 0. The molecule has 1 unspecified atom stereocenters. The van der Waals surface area contributed by atoms with Gasteiger partial charge in [0.05, 0.1) is 17.5 Å². The van der Waals surface area contributed by atoms with Gasteiger partial charge in [0.1, 0.15) is 5.75 Å². The third kappa shape index (κ3) is 3.65. The van der Waals surface area contributed by atoms with Crippen molar-refractivity contribution in [3.8, 4) is 5.75 Å². The van der Waals surface area contributed by atoms with Gasteiger partial charge in [0.15, 0.2) is 11.5 Å². The van der Waals surface area contributed by atoms with E-state index in [4.69, 9.17) is 9.40 Å². The van der Waals surface area contributed by atoms with Crippen LogP contribution < -0.4 is 4.90 Å². The van der Waals surface area contributed by atoms with Crippen LogP contribution in [0.1, 0.15) is 44.5 Å². The monoisotopic (exact) mass is 418 g/mol. The van der Waals surface area contributed by atoms with Crippen molar-refractivity contribution in [2.75, 3.05) is 31.1 Å². The number of nitrogens with zero attached hydrogens (tertiary/aromatic N) is 4. The Bertz CT molecular complexity index is 1120. The number of phenols is 1. The molecule has 0 radical (unpaired) electrons. The molecule has 3 heterocycles. The summed E-state index contributed by atoms with van der Waals surface area (Å²) in [5, 5.41) is 10.2. The van der Waals surface area contributed by atoms with Crippen molar-refractivity contribution in [3.05, 3.63) is 71.4 Å². The second-order valence-corrected chi connectivity index (χ2v) is 7.87. The maximum Gasteiger partial charge on any atom is 0.289 e.